The van der Waals surface area contributed by atoms with Crippen LogP contribution in [0.4, 0.5) is 39.5 Å². The largest absolute Gasteiger partial charge is 0.490 e. The number of carboxylic acids is 1. The first-order valence-corrected chi connectivity index (χ1v) is 9.38. The van der Waals surface area contributed by atoms with Crippen molar-refractivity contribution in [1.82, 2.24) is 9.97 Å². The van der Waals surface area contributed by atoms with E-state index in [0.29, 0.717) is 11.6 Å². The van der Waals surface area contributed by atoms with E-state index in [-0.39, 0.29) is 23.5 Å². The maximum Gasteiger partial charge on any atom is 0.490 e. The molecule has 14 heteroatoms. The minimum atomic E-state index is -5.08. The molecule has 0 bridgehead atoms. The predicted molar refractivity (Wildman–Crippen MR) is 101 cm³/mol. The summed E-state index contributed by atoms with van der Waals surface area (Å²) in [6, 6.07) is 4.97. The van der Waals surface area contributed by atoms with Crippen LogP contribution in [0.1, 0.15) is 22.9 Å². The number of benzene rings is 2. The van der Waals surface area contributed by atoms with Crippen molar-refractivity contribution in [3.63, 3.8) is 0 Å². The second-order valence-corrected chi connectivity index (χ2v) is 6.95. The summed E-state index contributed by atoms with van der Waals surface area (Å²) in [4.78, 5) is 15.4. The fourth-order valence-electron chi connectivity index (χ4n) is 2.64. The lowest BCUT2D eigenvalue weighted by molar-refractivity contribution is -0.192. The number of alkyl halides is 6. The van der Waals surface area contributed by atoms with E-state index >= 15 is 0 Å². The number of rotatable bonds is 4. The number of carbonyl (C=O) groups is 1. The number of hydrogen-bond donors (Lipinski definition) is 3. The predicted octanol–water partition coefficient (Wildman–Crippen LogP) is 5.89. The summed E-state index contributed by atoms with van der Waals surface area (Å²) >= 11 is 4.18. The first-order valence-electron chi connectivity index (χ1n) is 8.75. The van der Waals surface area contributed by atoms with Gasteiger partial charge in [0.05, 0.1) is 5.56 Å². The van der Waals surface area contributed by atoms with E-state index in [1.54, 1.807) is 0 Å². The number of imidazole rings is 1. The van der Waals surface area contributed by atoms with E-state index < -0.39 is 52.8 Å². The fraction of sp³-hybridized carbons (Fsp3) is 0.263. The number of nitrogens with one attached hydrogen (secondary N) is 1. The second-order valence-electron chi connectivity index (χ2n) is 6.58. The lowest BCUT2D eigenvalue weighted by Crippen LogP contribution is -2.21. The Hall–Kier alpha value is -2.90. The van der Waals surface area contributed by atoms with Crippen LogP contribution in [0.15, 0.2) is 30.3 Å². The van der Waals surface area contributed by atoms with Gasteiger partial charge in [0.2, 0.25) is 0 Å². The van der Waals surface area contributed by atoms with Gasteiger partial charge in [0.25, 0.3) is 0 Å². The molecule has 3 aromatic rings. The topological polar surface area (TPSA) is 66.0 Å². The Morgan fingerprint density at radius 1 is 1.03 bits per heavy atom. The number of aromatic nitrogens is 2. The van der Waals surface area contributed by atoms with Crippen LogP contribution in [0.5, 0.6) is 0 Å². The number of carboxylic acid groups (broad SMARTS) is 1. The Kier molecular flexibility index (Phi) is 7.93. The number of aromatic amines is 1. The van der Waals surface area contributed by atoms with Crippen LogP contribution in [0.25, 0.3) is 11.0 Å². The van der Waals surface area contributed by atoms with Gasteiger partial charge < -0.3 is 10.1 Å². The fourth-order valence-corrected chi connectivity index (χ4v) is 2.94. The third-order valence-electron chi connectivity index (χ3n) is 4.24. The Morgan fingerprint density at radius 3 is 2.03 bits per heavy atom. The third kappa shape index (κ3) is 6.55. The highest BCUT2D eigenvalue weighted by atomic mass is 32.1. The van der Waals surface area contributed by atoms with Crippen LogP contribution < -0.4 is 0 Å². The molecule has 0 aliphatic rings. The summed E-state index contributed by atoms with van der Waals surface area (Å²) in [5, 5.41) is 7.12. The molecule has 0 spiro atoms. The first kappa shape index (κ1) is 26.4. The molecule has 3 rings (SSSR count). The molecule has 0 aliphatic carbocycles. The van der Waals surface area contributed by atoms with Crippen molar-refractivity contribution < 1.29 is 49.4 Å². The van der Waals surface area contributed by atoms with Crippen molar-refractivity contribution in [2.75, 3.05) is 5.75 Å². The Bertz CT molecular complexity index is 1130. The van der Waals surface area contributed by atoms with Crippen molar-refractivity contribution in [1.29, 1.82) is 0 Å². The molecule has 0 saturated carbocycles. The number of thiol groups is 1. The minimum absolute atomic E-state index is 0.179. The average Bonchev–Trinajstić information content (AvgIpc) is 3.16. The summed E-state index contributed by atoms with van der Waals surface area (Å²) in [6.07, 6.45) is -9.27. The molecule has 0 unspecified atom stereocenters. The molecule has 2 aromatic carbocycles. The van der Waals surface area contributed by atoms with E-state index in [1.807, 2.05) is 0 Å². The highest BCUT2D eigenvalue weighted by Crippen LogP contribution is 2.31. The van der Waals surface area contributed by atoms with Gasteiger partial charge in [-0.05, 0) is 24.1 Å². The minimum Gasteiger partial charge on any atom is -0.475 e. The van der Waals surface area contributed by atoms with E-state index in [2.05, 4.69) is 22.6 Å². The normalized spacial score (nSPS) is 12.9. The van der Waals surface area contributed by atoms with Crippen LogP contribution in [-0.4, -0.2) is 33.0 Å². The number of fused-ring (bicyclic) bond motifs is 1. The zero-order valence-electron chi connectivity index (χ0n) is 16.0. The summed E-state index contributed by atoms with van der Waals surface area (Å²) in [6.45, 7) is 0. The molecule has 1 heterocycles. The van der Waals surface area contributed by atoms with E-state index in [1.165, 1.54) is 12.1 Å². The maximum atomic E-state index is 13.8. The van der Waals surface area contributed by atoms with Gasteiger partial charge >= 0.3 is 18.3 Å². The third-order valence-corrected chi connectivity index (χ3v) is 4.68. The van der Waals surface area contributed by atoms with E-state index in [9.17, 15) is 39.5 Å². The van der Waals surface area contributed by atoms with Crippen molar-refractivity contribution in [2.45, 2.75) is 24.7 Å². The monoisotopic (exact) mass is 504 g/mol. The summed E-state index contributed by atoms with van der Waals surface area (Å²) in [5.74, 6) is -6.40. The molecule has 0 radical (unpaired) electrons. The molecule has 1 aromatic heterocycles. The van der Waals surface area contributed by atoms with Crippen molar-refractivity contribution in [3.8, 4) is 0 Å². The van der Waals surface area contributed by atoms with Gasteiger partial charge in [-0.2, -0.15) is 39.0 Å². The highest BCUT2D eigenvalue weighted by molar-refractivity contribution is 7.80. The van der Waals surface area contributed by atoms with Crippen molar-refractivity contribution in [3.05, 3.63) is 64.7 Å². The number of H-pyrrole nitrogens is 1. The zero-order chi connectivity index (χ0) is 25.1. The average molecular weight is 504 g/mol. The van der Waals surface area contributed by atoms with Gasteiger partial charge in [-0.1, -0.05) is 12.1 Å². The molecule has 0 saturated heterocycles. The standard InChI is InChI=1S/C17H12F6N2S.C2HF3O2/c18-11-6-12(19)14-15(13(11)20)25-16(24-14)9(7-26)5-8-1-3-10(4-2-8)17(21,22)23;3-2(4,5)1(6)7/h1-4,6,9,26H,5,7H2,(H,24,25);(H,6,7)/t9-;/m1./s1. The second kappa shape index (κ2) is 9.93. The van der Waals surface area contributed by atoms with E-state index in [0.717, 1.165) is 12.1 Å². The molecule has 33 heavy (non-hydrogen) atoms. The molecule has 4 nitrogen and oxygen atoms in total. The first-order chi connectivity index (χ1) is 15.1. The summed E-state index contributed by atoms with van der Waals surface area (Å²) in [5.41, 5.74) is -0.925. The molecule has 0 fully saturated rings. The van der Waals surface area contributed by atoms with E-state index in [4.69, 9.17) is 9.90 Å². The zero-order valence-corrected chi connectivity index (χ0v) is 16.9. The van der Waals surface area contributed by atoms with Crippen LogP contribution in [-0.2, 0) is 17.4 Å². The van der Waals surface area contributed by atoms with Crippen LogP contribution in [0.3, 0.4) is 0 Å². The number of halogens is 9. The van der Waals surface area contributed by atoms with Crippen LogP contribution >= 0.6 is 12.6 Å². The molecule has 1 atom stereocenters. The molecule has 0 aliphatic heterocycles. The quantitative estimate of drug-likeness (QED) is 0.236. The van der Waals surface area contributed by atoms with Gasteiger partial charge in [-0.25, -0.2) is 22.9 Å². The Balaban J connectivity index is 0.000000479. The molecular formula is C19H13F9N2O2S. The summed E-state index contributed by atoms with van der Waals surface area (Å²) in [7, 11) is 0. The number of hydrogen-bond acceptors (Lipinski definition) is 3. The van der Waals surface area contributed by atoms with Crippen LogP contribution in [0.2, 0.25) is 0 Å². The smallest absolute Gasteiger partial charge is 0.475 e. The van der Waals surface area contributed by atoms with Gasteiger partial charge in [0, 0.05) is 17.7 Å². The number of nitrogens with zero attached hydrogens (tertiary/aromatic N) is 1. The molecular weight excluding hydrogens is 491 g/mol. The lowest BCUT2D eigenvalue weighted by Gasteiger charge is -2.13. The highest BCUT2D eigenvalue weighted by Gasteiger charge is 2.38. The van der Waals surface area contributed by atoms with Gasteiger partial charge in [-0.15, -0.1) is 0 Å². The van der Waals surface area contributed by atoms with Crippen LogP contribution in [0, 0.1) is 17.5 Å². The molecule has 2 N–H and O–H groups in total. The molecule has 180 valence electrons. The lowest BCUT2D eigenvalue weighted by atomic mass is 9.99. The molecule has 0 amide bonds. The van der Waals surface area contributed by atoms with Gasteiger partial charge in [-0.3, -0.25) is 0 Å². The maximum absolute atomic E-state index is 13.8. The Morgan fingerprint density at radius 2 is 1.58 bits per heavy atom. The van der Waals surface area contributed by atoms with Crippen molar-refractivity contribution in [2.24, 2.45) is 0 Å². The summed E-state index contributed by atoms with van der Waals surface area (Å²) < 4.78 is 110. The Labute approximate surface area is 184 Å². The number of aliphatic carboxylic acids is 1. The van der Waals surface area contributed by atoms with Gasteiger partial charge in [0.15, 0.2) is 17.5 Å². The van der Waals surface area contributed by atoms with Gasteiger partial charge in [0.1, 0.15) is 16.9 Å². The van der Waals surface area contributed by atoms with Crippen molar-refractivity contribution >= 4 is 29.6 Å². The SMILES string of the molecule is Fc1cc(F)c2nc([C@@H](CS)Cc3ccc(C(F)(F)F)cc3)[nH]c2c1F.O=C(O)C(F)(F)F.